The monoisotopic (exact) mass is 278 g/mol. The largest absolute Gasteiger partial charge is 0.355 e. The smallest absolute Gasteiger partial charge is 0.226 e. The van der Waals surface area contributed by atoms with E-state index in [1.165, 1.54) is 25.7 Å². The van der Waals surface area contributed by atoms with Gasteiger partial charge in [-0.05, 0) is 64.5 Å². The third-order valence-corrected chi connectivity index (χ3v) is 4.89. The van der Waals surface area contributed by atoms with E-state index in [4.69, 9.17) is 0 Å². The Morgan fingerprint density at radius 2 is 2.15 bits per heavy atom. The molecule has 2 rings (SSSR count). The summed E-state index contributed by atoms with van der Waals surface area (Å²) < 4.78 is 0. The van der Waals surface area contributed by atoms with Gasteiger partial charge in [0.2, 0.25) is 5.91 Å². The Kier molecular flexibility index (Phi) is 6.08. The Bertz CT molecular complexity index is 337. The highest BCUT2D eigenvalue weighted by Gasteiger charge is 2.38. The molecule has 0 saturated carbocycles. The third-order valence-electron chi connectivity index (χ3n) is 4.89. The van der Waals surface area contributed by atoms with Crippen LogP contribution in [0.15, 0.2) is 11.6 Å². The molecule has 1 heterocycles. The van der Waals surface area contributed by atoms with E-state index in [2.05, 4.69) is 23.6 Å². The van der Waals surface area contributed by atoms with E-state index in [-0.39, 0.29) is 5.41 Å². The minimum absolute atomic E-state index is 0.0963. The zero-order chi connectivity index (χ0) is 14.3. The zero-order valence-electron chi connectivity index (χ0n) is 13.0. The van der Waals surface area contributed by atoms with Crippen LogP contribution in [0.3, 0.4) is 0 Å². The topological polar surface area (TPSA) is 41.1 Å². The molecule has 3 heteroatoms. The van der Waals surface area contributed by atoms with Gasteiger partial charge in [-0.3, -0.25) is 4.79 Å². The average molecular weight is 278 g/mol. The van der Waals surface area contributed by atoms with Crippen molar-refractivity contribution in [1.82, 2.24) is 10.6 Å². The molecule has 1 fully saturated rings. The number of carbonyl (C=O) groups excluding carboxylic acids is 1. The van der Waals surface area contributed by atoms with Gasteiger partial charge in [0, 0.05) is 6.54 Å². The van der Waals surface area contributed by atoms with Crippen LogP contribution in [-0.4, -0.2) is 25.5 Å². The fraction of sp³-hybridized carbons (Fsp3) is 0.824. The van der Waals surface area contributed by atoms with Crippen molar-refractivity contribution in [1.29, 1.82) is 0 Å². The predicted molar refractivity (Wildman–Crippen MR) is 83.6 cm³/mol. The highest BCUT2D eigenvalue weighted by Crippen LogP contribution is 2.34. The number of piperidine rings is 1. The van der Waals surface area contributed by atoms with Crippen LogP contribution in [0, 0.1) is 5.41 Å². The Morgan fingerprint density at radius 1 is 1.35 bits per heavy atom. The molecule has 1 amide bonds. The van der Waals surface area contributed by atoms with Gasteiger partial charge in [-0.2, -0.15) is 0 Å². The summed E-state index contributed by atoms with van der Waals surface area (Å²) in [6.45, 7) is 4.98. The number of hydrogen-bond acceptors (Lipinski definition) is 2. The molecule has 114 valence electrons. The Hall–Kier alpha value is -0.830. The number of rotatable bonds is 6. The summed E-state index contributed by atoms with van der Waals surface area (Å²) in [5.74, 6) is 0.303. The van der Waals surface area contributed by atoms with Gasteiger partial charge in [-0.25, -0.2) is 0 Å². The minimum atomic E-state index is -0.0963. The molecule has 0 aromatic carbocycles. The van der Waals surface area contributed by atoms with Crippen LogP contribution >= 0.6 is 0 Å². The molecule has 2 aliphatic rings. The van der Waals surface area contributed by atoms with E-state index in [1.54, 1.807) is 5.57 Å². The van der Waals surface area contributed by atoms with Gasteiger partial charge >= 0.3 is 0 Å². The van der Waals surface area contributed by atoms with Crippen LogP contribution < -0.4 is 10.6 Å². The summed E-state index contributed by atoms with van der Waals surface area (Å²) in [7, 11) is 0. The highest BCUT2D eigenvalue weighted by atomic mass is 16.2. The second kappa shape index (κ2) is 7.82. The first-order valence-corrected chi connectivity index (χ1v) is 8.44. The number of carbonyl (C=O) groups is 1. The fourth-order valence-corrected chi connectivity index (χ4v) is 3.63. The van der Waals surface area contributed by atoms with E-state index < -0.39 is 0 Å². The number of nitrogens with one attached hydrogen (secondary N) is 2. The maximum Gasteiger partial charge on any atom is 0.226 e. The second-order valence-electron chi connectivity index (χ2n) is 6.39. The van der Waals surface area contributed by atoms with Gasteiger partial charge in [0.15, 0.2) is 0 Å². The summed E-state index contributed by atoms with van der Waals surface area (Å²) in [6, 6.07) is 0. The van der Waals surface area contributed by atoms with Gasteiger partial charge < -0.3 is 10.6 Å². The third kappa shape index (κ3) is 4.08. The normalized spacial score (nSPS) is 22.1. The SMILES string of the molecule is CCCC1(C(=O)NCCC2=CCCCC2)CCNCC1. The summed E-state index contributed by atoms with van der Waals surface area (Å²) in [5, 5.41) is 6.59. The minimum Gasteiger partial charge on any atom is -0.355 e. The van der Waals surface area contributed by atoms with Crippen molar-refractivity contribution in [2.45, 2.75) is 64.7 Å². The van der Waals surface area contributed by atoms with Crippen LogP contribution in [0.4, 0.5) is 0 Å². The van der Waals surface area contributed by atoms with E-state index in [0.29, 0.717) is 5.91 Å². The number of hydrogen-bond donors (Lipinski definition) is 2. The first-order valence-electron chi connectivity index (χ1n) is 8.44. The van der Waals surface area contributed by atoms with Crippen LogP contribution in [0.2, 0.25) is 0 Å². The van der Waals surface area contributed by atoms with Crippen LogP contribution in [-0.2, 0) is 4.79 Å². The van der Waals surface area contributed by atoms with Crippen molar-refractivity contribution in [3.05, 3.63) is 11.6 Å². The van der Waals surface area contributed by atoms with Crippen LogP contribution in [0.25, 0.3) is 0 Å². The zero-order valence-corrected chi connectivity index (χ0v) is 13.0. The first kappa shape index (κ1) is 15.6. The molecule has 0 aromatic rings. The summed E-state index contributed by atoms with van der Waals surface area (Å²) in [6.07, 6.45) is 12.7. The highest BCUT2D eigenvalue weighted by molar-refractivity contribution is 5.82. The maximum absolute atomic E-state index is 12.6. The van der Waals surface area contributed by atoms with E-state index >= 15 is 0 Å². The van der Waals surface area contributed by atoms with Crippen LogP contribution in [0.1, 0.15) is 64.7 Å². The lowest BCUT2D eigenvalue weighted by Gasteiger charge is -2.36. The number of amides is 1. The maximum atomic E-state index is 12.6. The molecule has 0 bridgehead atoms. The lowest BCUT2D eigenvalue weighted by molar-refractivity contribution is -0.133. The van der Waals surface area contributed by atoms with Crippen molar-refractivity contribution >= 4 is 5.91 Å². The molecule has 0 radical (unpaired) electrons. The molecule has 0 unspecified atom stereocenters. The Labute approximate surface area is 123 Å². The Morgan fingerprint density at radius 3 is 2.80 bits per heavy atom. The summed E-state index contributed by atoms with van der Waals surface area (Å²) >= 11 is 0. The molecule has 0 atom stereocenters. The molecular weight excluding hydrogens is 248 g/mol. The fourth-order valence-electron chi connectivity index (χ4n) is 3.63. The molecule has 1 aliphatic carbocycles. The molecule has 20 heavy (non-hydrogen) atoms. The second-order valence-corrected chi connectivity index (χ2v) is 6.39. The van der Waals surface area contributed by atoms with Gasteiger partial charge in [-0.15, -0.1) is 0 Å². The van der Waals surface area contributed by atoms with Gasteiger partial charge in [0.1, 0.15) is 0 Å². The van der Waals surface area contributed by atoms with Crippen LogP contribution in [0.5, 0.6) is 0 Å². The molecule has 1 aliphatic heterocycles. The average Bonchev–Trinajstić information content (AvgIpc) is 2.49. The van der Waals surface area contributed by atoms with Crippen molar-refractivity contribution in [3.63, 3.8) is 0 Å². The predicted octanol–water partition coefficient (Wildman–Crippen LogP) is 3.16. The molecule has 1 saturated heterocycles. The Balaban J connectivity index is 1.80. The van der Waals surface area contributed by atoms with Crippen molar-refractivity contribution in [3.8, 4) is 0 Å². The quantitative estimate of drug-likeness (QED) is 0.733. The van der Waals surface area contributed by atoms with Gasteiger partial charge in [-0.1, -0.05) is 25.0 Å². The lowest BCUT2D eigenvalue weighted by atomic mass is 9.74. The molecule has 0 spiro atoms. The van der Waals surface area contributed by atoms with E-state index in [1.807, 2.05) is 0 Å². The van der Waals surface area contributed by atoms with E-state index in [0.717, 1.165) is 51.7 Å². The summed E-state index contributed by atoms with van der Waals surface area (Å²) in [5.41, 5.74) is 1.45. The molecular formula is C17H30N2O. The standard InChI is InChI=1S/C17H30N2O/c1-2-9-17(10-13-18-14-11-17)16(20)19-12-8-15-6-4-3-5-7-15/h6,18H,2-5,7-14H2,1H3,(H,19,20). The van der Waals surface area contributed by atoms with E-state index in [9.17, 15) is 4.79 Å². The summed E-state index contributed by atoms with van der Waals surface area (Å²) in [4.78, 5) is 12.6. The number of allylic oxidation sites excluding steroid dienone is 1. The van der Waals surface area contributed by atoms with Crippen molar-refractivity contribution in [2.24, 2.45) is 5.41 Å². The molecule has 3 nitrogen and oxygen atoms in total. The van der Waals surface area contributed by atoms with Crippen molar-refractivity contribution < 1.29 is 4.79 Å². The van der Waals surface area contributed by atoms with Gasteiger partial charge in [0.25, 0.3) is 0 Å². The molecule has 2 N–H and O–H groups in total. The molecule has 0 aromatic heterocycles. The van der Waals surface area contributed by atoms with Crippen molar-refractivity contribution in [2.75, 3.05) is 19.6 Å². The first-order chi connectivity index (χ1) is 9.77. The van der Waals surface area contributed by atoms with Gasteiger partial charge in [0.05, 0.1) is 5.41 Å². The lowest BCUT2D eigenvalue weighted by Crippen LogP contribution is -2.47.